The summed E-state index contributed by atoms with van der Waals surface area (Å²) in [6.45, 7) is 0. The van der Waals surface area contributed by atoms with Crippen LogP contribution in [0.2, 0.25) is 0 Å². The third kappa shape index (κ3) is 2.09. The van der Waals surface area contributed by atoms with E-state index in [1.807, 2.05) is 0 Å². The Bertz CT molecular complexity index is 356. The van der Waals surface area contributed by atoms with Crippen LogP contribution in [0.15, 0.2) is 4.52 Å². The Morgan fingerprint density at radius 2 is 1.88 bits per heavy atom. The second-order valence-electron chi connectivity index (χ2n) is 4.95. The molecular weight excluding hydrogens is 226 g/mol. The van der Waals surface area contributed by atoms with Gasteiger partial charge in [-0.2, -0.15) is 4.98 Å². The molecule has 16 heavy (non-hydrogen) atoms. The van der Waals surface area contributed by atoms with Crippen molar-refractivity contribution in [2.75, 3.05) is 0 Å². The number of rotatable bonds is 2. The Hall–Kier alpha value is -0.610. The zero-order valence-corrected chi connectivity index (χ0v) is 10.1. The molecule has 2 aliphatic carbocycles. The van der Waals surface area contributed by atoms with Crippen LogP contribution in [0.4, 0.5) is 0 Å². The molecule has 0 radical (unpaired) electrons. The molecule has 1 aromatic heterocycles. The van der Waals surface area contributed by atoms with Crippen molar-refractivity contribution in [2.24, 2.45) is 5.73 Å². The van der Waals surface area contributed by atoms with Crippen LogP contribution in [0, 0.1) is 0 Å². The normalized spacial score (nSPS) is 23.8. The van der Waals surface area contributed by atoms with E-state index in [-0.39, 0.29) is 17.9 Å². The maximum absolute atomic E-state index is 6.01. The molecule has 0 bridgehead atoms. The molecule has 2 N–H and O–H groups in total. The molecule has 0 atom stereocenters. The van der Waals surface area contributed by atoms with E-state index in [9.17, 15) is 0 Å². The second kappa shape index (κ2) is 4.34. The van der Waals surface area contributed by atoms with Crippen LogP contribution in [0.1, 0.15) is 62.6 Å². The second-order valence-corrected chi connectivity index (χ2v) is 4.95. The SMILES string of the molecule is Cl.NC1(c2nc(C3CCCCC3)no2)CC1. The number of halogens is 1. The van der Waals surface area contributed by atoms with Crippen LogP contribution < -0.4 is 5.73 Å². The fourth-order valence-corrected chi connectivity index (χ4v) is 2.31. The lowest BCUT2D eigenvalue weighted by atomic mass is 9.89. The molecule has 2 fully saturated rings. The summed E-state index contributed by atoms with van der Waals surface area (Å²) in [7, 11) is 0. The highest BCUT2D eigenvalue weighted by molar-refractivity contribution is 5.85. The van der Waals surface area contributed by atoms with Gasteiger partial charge in [0.25, 0.3) is 0 Å². The number of nitrogens with two attached hydrogens (primary N) is 1. The molecule has 1 aromatic rings. The van der Waals surface area contributed by atoms with Crippen molar-refractivity contribution in [3.8, 4) is 0 Å². The predicted molar refractivity (Wildman–Crippen MR) is 62.5 cm³/mol. The van der Waals surface area contributed by atoms with Gasteiger partial charge in [0, 0.05) is 5.92 Å². The monoisotopic (exact) mass is 243 g/mol. The lowest BCUT2D eigenvalue weighted by Crippen LogP contribution is -2.19. The average Bonchev–Trinajstić information content (AvgIpc) is 2.85. The van der Waals surface area contributed by atoms with Crippen LogP contribution in [0.25, 0.3) is 0 Å². The highest BCUT2D eigenvalue weighted by atomic mass is 35.5. The minimum atomic E-state index is -0.278. The van der Waals surface area contributed by atoms with Gasteiger partial charge in [0.2, 0.25) is 5.89 Å². The van der Waals surface area contributed by atoms with Crippen LogP contribution in [0.3, 0.4) is 0 Å². The van der Waals surface area contributed by atoms with Gasteiger partial charge >= 0.3 is 0 Å². The van der Waals surface area contributed by atoms with E-state index in [0.717, 1.165) is 18.7 Å². The van der Waals surface area contributed by atoms with Gasteiger partial charge in [0.15, 0.2) is 5.82 Å². The number of nitrogens with zero attached hydrogens (tertiary/aromatic N) is 2. The van der Waals surface area contributed by atoms with Gasteiger partial charge in [-0.1, -0.05) is 24.4 Å². The summed E-state index contributed by atoms with van der Waals surface area (Å²) >= 11 is 0. The van der Waals surface area contributed by atoms with Gasteiger partial charge in [-0.25, -0.2) is 0 Å². The molecular formula is C11H18ClN3O. The molecule has 0 unspecified atom stereocenters. The Kier molecular flexibility index (Phi) is 3.22. The van der Waals surface area contributed by atoms with Crippen molar-refractivity contribution >= 4 is 12.4 Å². The molecule has 5 heteroatoms. The molecule has 90 valence electrons. The number of aromatic nitrogens is 2. The minimum absolute atomic E-state index is 0. The van der Waals surface area contributed by atoms with E-state index in [4.69, 9.17) is 10.3 Å². The molecule has 2 aliphatic rings. The highest BCUT2D eigenvalue weighted by Crippen LogP contribution is 2.42. The molecule has 0 amide bonds. The van der Waals surface area contributed by atoms with Crippen LogP contribution in [0.5, 0.6) is 0 Å². The van der Waals surface area contributed by atoms with E-state index in [0.29, 0.717) is 11.8 Å². The van der Waals surface area contributed by atoms with E-state index in [1.165, 1.54) is 32.1 Å². The van der Waals surface area contributed by atoms with Crippen LogP contribution in [-0.4, -0.2) is 10.1 Å². The maximum atomic E-state index is 6.01. The summed E-state index contributed by atoms with van der Waals surface area (Å²) in [4.78, 5) is 4.46. The largest absolute Gasteiger partial charge is 0.337 e. The molecule has 0 spiro atoms. The molecule has 3 rings (SSSR count). The van der Waals surface area contributed by atoms with Gasteiger partial charge in [-0.05, 0) is 25.7 Å². The highest BCUT2D eigenvalue weighted by Gasteiger charge is 2.45. The van der Waals surface area contributed by atoms with Crippen molar-refractivity contribution in [1.29, 1.82) is 0 Å². The van der Waals surface area contributed by atoms with Gasteiger partial charge in [0.1, 0.15) is 0 Å². The average molecular weight is 244 g/mol. The van der Waals surface area contributed by atoms with Gasteiger partial charge in [-0.3, -0.25) is 0 Å². The Morgan fingerprint density at radius 1 is 1.19 bits per heavy atom. The number of hydrogen-bond donors (Lipinski definition) is 1. The van der Waals surface area contributed by atoms with E-state index < -0.39 is 0 Å². The molecule has 2 saturated carbocycles. The minimum Gasteiger partial charge on any atom is -0.337 e. The van der Waals surface area contributed by atoms with Gasteiger partial charge in [0.05, 0.1) is 5.54 Å². The summed E-state index contributed by atoms with van der Waals surface area (Å²) in [5.41, 5.74) is 5.74. The first-order valence-corrected chi connectivity index (χ1v) is 5.91. The first-order chi connectivity index (χ1) is 7.28. The van der Waals surface area contributed by atoms with Crippen LogP contribution >= 0.6 is 12.4 Å². The summed E-state index contributed by atoms with van der Waals surface area (Å²) in [6.07, 6.45) is 8.32. The van der Waals surface area contributed by atoms with Crippen LogP contribution in [-0.2, 0) is 5.54 Å². The first kappa shape index (κ1) is 11.9. The molecule has 4 nitrogen and oxygen atoms in total. The number of hydrogen-bond acceptors (Lipinski definition) is 4. The Morgan fingerprint density at radius 3 is 2.50 bits per heavy atom. The summed E-state index contributed by atoms with van der Waals surface area (Å²) in [5.74, 6) is 2.06. The van der Waals surface area contributed by atoms with Crippen molar-refractivity contribution < 1.29 is 4.52 Å². The van der Waals surface area contributed by atoms with E-state index in [2.05, 4.69) is 10.1 Å². The molecule has 0 aromatic carbocycles. The fraction of sp³-hybridized carbons (Fsp3) is 0.818. The maximum Gasteiger partial charge on any atom is 0.246 e. The smallest absolute Gasteiger partial charge is 0.246 e. The lowest BCUT2D eigenvalue weighted by Gasteiger charge is -2.17. The molecule has 0 aliphatic heterocycles. The third-order valence-corrected chi connectivity index (χ3v) is 3.63. The first-order valence-electron chi connectivity index (χ1n) is 5.91. The third-order valence-electron chi connectivity index (χ3n) is 3.63. The molecule has 0 saturated heterocycles. The van der Waals surface area contributed by atoms with E-state index >= 15 is 0 Å². The summed E-state index contributed by atoms with van der Waals surface area (Å²) in [5, 5.41) is 4.08. The zero-order valence-electron chi connectivity index (χ0n) is 9.32. The van der Waals surface area contributed by atoms with Crippen molar-refractivity contribution in [1.82, 2.24) is 10.1 Å². The quantitative estimate of drug-likeness (QED) is 0.867. The summed E-state index contributed by atoms with van der Waals surface area (Å²) in [6, 6.07) is 0. The summed E-state index contributed by atoms with van der Waals surface area (Å²) < 4.78 is 5.26. The Labute approximate surface area is 101 Å². The standard InChI is InChI=1S/C11H17N3O.ClH/c12-11(6-7-11)10-13-9(14-15-10)8-4-2-1-3-5-8;/h8H,1-7,12H2;1H. The van der Waals surface area contributed by atoms with Crippen molar-refractivity contribution in [2.45, 2.75) is 56.4 Å². The fourth-order valence-electron chi connectivity index (χ4n) is 2.31. The lowest BCUT2D eigenvalue weighted by molar-refractivity contribution is 0.336. The van der Waals surface area contributed by atoms with Gasteiger partial charge in [-0.15, -0.1) is 12.4 Å². The predicted octanol–water partition coefficient (Wildman–Crippen LogP) is 2.49. The van der Waals surface area contributed by atoms with Gasteiger partial charge < -0.3 is 10.3 Å². The Balaban J connectivity index is 0.000000963. The van der Waals surface area contributed by atoms with Crippen molar-refractivity contribution in [3.63, 3.8) is 0 Å². The molecule has 1 heterocycles. The zero-order chi connectivity index (χ0) is 10.3. The topological polar surface area (TPSA) is 64.9 Å². The van der Waals surface area contributed by atoms with Crippen molar-refractivity contribution in [3.05, 3.63) is 11.7 Å². The van der Waals surface area contributed by atoms with E-state index in [1.54, 1.807) is 0 Å².